The summed E-state index contributed by atoms with van der Waals surface area (Å²) < 4.78 is 51.8. The van der Waals surface area contributed by atoms with Gasteiger partial charge in [-0.05, 0) is 48.9 Å². The van der Waals surface area contributed by atoms with Gasteiger partial charge in [0, 0.05) is 5.92 Å². The van der Waals surface area contributed by atoms with Crippen LogP contribution in [0.1, 0.15) is 60.8 Å². The van der Waals surface area contributed by atoms with Gasteiger partial charge in [-0.1, -0.05) is 43.7 Å². The second-order valence-corrected chi connectivity index (χ2v) is 7.44. The fourth-order valence-electron chi connectivity index (χ4n) is 3.64. The first-order valence-corrected chi connectivity index (χ1v) is 9.90. The predicted molar refractivity (Wildman–Crippen MR) is 104 cm³/mol. The monoisotopic (exact) mass is 392 g/mol. The molecule has 2 nitrogen and oxygen atoms in total. The Labute approximate surface area is 164 Å². The first-order chi connectivity index (χ1) is 13.5. The van der Waals surface area contributed by atoms with Crippen molar-refractivity contribution in [1.29, 1.82) is 0 Å². The number of aryl methyl sites for hydroxylation is 2. The number of halogens is 3. The van der Waals surface area contributed by atoms with Crippen molar-refractivity contribution >= 4 is 0 Å². The van der Waals surface area contributed by atoms with Crippen LogP contribution < -0.4 is 4.74 Å². The summed E-state index contributed by atoms with van der Waals surface area (Å²) in [5.74, 6) is -0.667. The lowest BCUT2D eigenvalue weighted by atomic mass is 9.90. The molecule has 0 N–H and O–H groups in total. The van der Waals surface area contributed by atoms with Crippen LogP contribution in [-0.4, -0.2) is 19.3 Å². The number of hydrogen-bond acceptors (Lipinski definition) is 2. The Bertz CT molecular complexity index is 766. The summed E-state index contributed by atoms with van der Waals surface area (Å²) in [6.45, 7) is 4.35. The molecule has 0 amide bonds. The molecule has 0 aliphatic carbocycles. The Morgan fingerprint density at radius 2 is 1.86 bits per heavy atom. The summed E-state index contributed by atoms with van der Waals surface area (Å²) in [4.78, 5) is 0. The second kappa shape index (κ2) is 9.46. The van der Waals surface area contributed by atoms with Crippen LogP contribution in [0.2, 0.25) is 0 Å². The topological polar surface area (TPSA) is 18.5 Å². The molecule has 3 rings (SSSR count). The Kier molecular flexibility index (Phi) is 7.00. The lowest BCUT2D eigenvalue weighted by Crippen LogP contribution is -2.30. The Balaban J connectivity index is 1.54. The lowest BCUT2D eigenvalue weighted by molar-refractivity contribution is -0.0220. The maximum atomic E-state index is 14.0. The minimum absolute atomic E-state index is 0.102. The lowest BCUT2D eigenvalue weighted by Gasteiger charge is -2.29. The average Bonchev–Trinajstić information content (AvgIpc) is 2.70. The number of hydrogen-bond donors (Lipinski definition) is 0. The zero-order valence-corrected chi connectivity index (χ0v) is 16.4. The molecule has 2 aromatic rings. The first-order valence-electron chi connectivity index (χ1n) is 9.90. The summed E-state index contributed by atoms with van der Waals surface area (Å²) in [5, 5.41) is 0. The van der Waals surface area contributed by atoms with Crippen molar-refractivity contribution < 1.29 is 22.6 Å². The van der Waals surface area contributed by atoms with Crippen LogP contribution in [0.3, 0.4) is 0 Å². The molecule has 0 aromatic heterocycles. The number of ether oxygens (including phenoxy) is 2. The zero-order valence-electron chi connectivity index (χ0n) is 16.4. The van der Waals surface area contributed by atoms with Gasteiger partial charge in [0.2, 0.25) is 0 Å². The SMILES string of the molecule is CCCc1ccc(C2CCC(COc3ccc(C)c(F)c3C(F)F)OC2)cc1. The van der Waals surface area contributed by atoms with Crippen LogP contribution in [0.5, 0.6) is 5.75 Å². The van der Waals surface area contributed by atoms with E-state index in [0.717, 1.165) is 25.7 Å². The molecule has 2 aromatic carbocycles. The van der Waals surface area contributed by atoms with Gasteiger partial charge < -0.3 is 9.47 Å². The van der Waals surface area contributed by atoms with Crippen LogP contribution >= 0.6 is 0 Å². The van der Waals surface area contributed by atoms with Gasteiger partial charge in [-0.2, -0.15) is 0 Å². The highest BCUT2D eigenvalue weighted by Crippen LogP contribution is 2.34. The van der Waals surface area contributed by atoms with Gasteiger partial charge in [-0.25, -0.2) is 13.2 Å². The highest BCUT2D eigenvalue weighted by atomic mass is 19.3. The molecule has 152 valence electrons. The smallest absolute Gasteiger partial charge is 0.270 e. The van der Waals surface area contributed by atoms with Crippen LogP contribution in [-0.2, 0) is 11.2 Å². The number of rotatable bonds is 7. The molecule has 0 saturated carbocycles. The standard InChI is InChI=1S/C23H27F3O2/c1-3-4-16-6-8-17(9-7-16)18-10-11-19(27-13-18)14-28-20-12-5-15(2)22(24)21(20)23(25)26/h5-9,12,18-19,23H,3-4,10-11,13-14H2,1-2H3. The van der Waals surface area contributed by atoms with E-state index in [4.69, 9.17) is 9.47 Å². The molecule has 28 heavy (non-hydrogen) atoms. The summed E-state index contributed by atoms with van der Waals surface area (Å²) in [6, 6.07) is 11.5. The normalized spacial score (nSPS) is 19.8. The third-order valence-corrected chi connectivity index (χ3v) is 5.34. The third kappa shape index (κ3) is 4.88. The van der Waals surface area contributed by atoms with E-state index in [1.165, 1.54) is 30.2 Å². The molecular formula is C23H27F3O2. The highest BCUT2D eigenvalue weighted by Gasteiger charge is 2.25. The largest absolute Gasteiger partial charge is 0.490 e. The van der Waals surface area contributed by atoms with Crippen LogP contribution in [0.15, 0.2) is 36.4 Å². The number of benzene rings is 2. The second-order valence-electron chi connectivity index (χ2n) is 7.44. The summed E-state index contributed by atoms with van der Waals surface area (Å²) in [5.41, 5.74) is 2.12. The van der Waals surface area contributed by atoms with E-state index in [1.807, 2.05) is 0 Å². The van der Waals surface area contributed by atoms with Gasteiger partial charge in [0.25, 0.3) is 6.43 Å². The molecule has 1 aliphatic heterocycles. The Hall–Kier alpha value is -2.01. The van der Waals surface area contributed by atoms with Crippen molar-refractivity contribution in [2.75, 3.05) is 13.2 Å². The molecule has 1 saturated heterocycles. The summed E-state index contributed by atoms with van der Waals surface area (Å²) >= 11 is 0. The molecule has 0 spiro atoms. The van der Waals surface area contributed by atoms with Gasteiger partial charge in [-0.15, -0.1) is 0 Å². The molecule has 5 heteroatoms. The highest BCUT2D eigenvalue weighted by molar-refractivity contribution is 5.39. The summed E-state index contributed by atoms with van der Waals surface area (Å²) in [6.07, 6.45) is 0.852. The van der Waals surface area contributed by atoms with Crippen LogP contribution in [0.4, 0.5) is 13.2 Å². The van der Waals surface area contributed by atoms with E-state index in [9.17, 15) is 13.2 Å². The quantitative estimate of drug-likeness (QED) is 0.545. The van der Waals surface area contributed by atoms with Crippen molar-refractivity contribution in [3.05, 3.63) is 64.5 Å². The van der Waals surface area contributed by atoms with E-state index >= 15 is 0 Å². The van der Waals surface area contributed by atoms with Gasteiger partial charge >= 0.3 is 0 Å². The Morgan fingerprint density at radius 3 is 2.46 bits per heavy atom. The van der Waals surface area contributed by atoms with E-state index in [1.54, 1.807) is 0 Å². The predicted octanol–water partition coefficient (Wildman–Crippen LogP) is 6.37. The minimum atomic E-state index is -2.91. The van der Waals surface area contributed by atoms with Crippen LogP contribution in [0, 0.1) is 12.7 Å². The van der Waals surface area contributed by atoms with Crippen LogP contribution in [0.25, 0.3) is 0 Å². The molecule has 0 radical (unpaired) electrons. The van der Waals surface area contributed by atoms with Crippen molar-refractivity contribution in [1.82, 2.24) is 0 Å². The van der Waals surface area contributed by atoms with Crippen molar-refractivity contribution in [2.24, 2.45) is 0 Å². The molecule has 1 fully saturated rings. The Morgan fingerprint density at radius 1 is 1.11 bits per heavy atom. The maximum Gasteiger partial charge on any atom is 0.270 e. The molecule has 1 aliphatic rings. The van der Waals surface area contributed by atoms with Crippen molar-refractivity contribution in [3.63, 3.8) is 0 Å². The average molecular weight is 392 g/mol. The first kappa shape index (κ1) is 20.7. The van der Waals surface area contributed by atoms with Gasteiger partial charge in [-0.3, -0.25) is 0 Å². The van der Waals surface area contributed by atoms with Gasteiger partial charge in [0.15, 0.2) is 0 Å². The fraction of sp³-hybridized carbons (Fsp3) is 0.478. The van der Waals surface area contributed by atoms with Crippen molar-refractivity contribution in [3.8, 4) is 5.75 Å². The van der Waals surface area contributed by atoms with Gasteiger partial charge in [0.1, 0.15) is 18.2 Å². The molecular weight excluding hydrogens is 365 g/mol. The summed E-state index contributed by atoms with van der Waals surface area (Å²) in [7, 11) is 0. The van der Waals surface area contributed by atoms with E-state index in [-0.39, 0.29) is 24.0 Å². The third-order valence-electron chi connectivity index (χ3n) is 5.34. The molecule has 2 atom stereocenters. The maximum absolute atomic E-state index is 14.0. The van der Waals surface area contributed by atoms with E-state index in [0.29, 0.717) is 12.5 Å². The molecule has 0 bridgehead atoms. The number of alkyl halides is 2. The zero-order chi connectivity index (χ0) is 20.1. The van der Waals surface area contributed by atoms with Crippen molar-refractivity contribution in [2.45, 2.75) is 58.0 Å². The van der Waals surface area contributed by atoms with E-state index < -0.39 is 17.8 Å². The molecule has 1 heterocycles. The molecule has 2 unspecified atom stereocenters. The minimum Gasteiger partial charge on any atom is -0.490 e. The van der Waals surface area contributed by atoms with E-state index in [2.05, 4.69) is 31.2 Å². The van der Waals surface area contributed by atoms with Gasteiger partial charge in [0.05, 0.1) is 18.3 Å². The fourth-order valence-corrected chi connectivity index (χ4v) is 3.64.